The molecule has 5 heteroatoms. The van der Waals surface area contributed by atoms with Crippen molar-refractivity contribution in [2.75, 3.05) is 5.32 Å². The van der Waals surface area contributed by atoms with Crippen molar-refractivity contribution in [3.63, 3.8) is 0 Å². The number of carbonyl (C=O) groups is 1. The van der Waals surface area contributed by atoms with Gasteiger partial charge >= 0.3 is 0 Å². The van der Waals surface area contributed by atoms with Crippen molar-refractivity contribution in [1.29, 1.82) is 0 Å². The lowest BCUT2D eigenvalue weighted by molar-refractivity contribution is 0.102. The van der Waals surface area contributed by atoms with Crippen LogP contribution in [0.1, 0.15) is 56.4 Å². The molecular formula is C20H27N3OS. The van der Waals surface area contributed by atoms with Crippen LogP contribution in [0.15, 0.2) is 35.5 Å². The molecule has 1 aromatic carbocycles. The first-order valence-corrected chi connectivity index (χ1v) is 9.38. The quantitative estimate of drug-likeness (QED) is 0.754. The van der Waals surface area contributed by atoms with Crippen LogP contribution in [0.5, 0.6) is 0 Å². The molecule has 0 aliphatic carbocycles. The number of amides is 1. The maximum Gasteiger partial charge on any atom is 0.276 e. The molecule has 0 bridgehead atoms. The molecule has 2 aromatic rings. The van der Waals surface area contributed by atoms with Crippen LogP contribution in [0.3, 0.4) is 0 Å². The monoisotopic (exact) mass is 357 g/mol. The van der Waals surface area contributed by atoms with Gasteiger partial charge in [0.1, 0.15) is 5.69 Å². The number of rotatable bonds is 5. The van der Waals surface area contributed by atoms with Crippen LogP contribution >= 0.6 is 11.8 Å². The van der Waals surface area contributed by atoms with Gasteiger partial charge in [0.05, 0.1) is 5.69 Å². The number of anilines is 1. The number of nitrogens with one attached hydrogen (secondary N) is 1. The normalized spacial score (nSPS) is 11.6. The van der Waals surface area contributed by atoms with Gasteiger partial charge in [-0.2, -0.15) is 0 Å². The third kappa shape index (κ3) is 5.85. The SMILES string of the molecule is Cc1nccnc1C(=O)Nc1ccc(SC(C)(C)C)c(CC(C)C)c1. The summed E-state index contributed by atoms with van der Waals surface area (Å²) in [6, 6.07) is 6.14. The van der Waals surface area contributed by atoms with E-state index in [4.69, 9.17) is 0 Å². The second-order valence-electron chi connectivity index (χ2n) is 7.58. The Hall–Kier alpha value is -1.88. The molecule has 0 unspecified atom stereocenters. The fourth-order valence-electron chi connectivity index (χ4n) is 2.51. The predicted molar refractivity (Wildman–Crippen MR) is 105 cm³/mol. The topological polar surface area (TPSA) is 54.9 Å². The highest BCUT2D eigenvalue weighted by molar-refractivity contribution is 8.00. The smallest absolute Gasteiger partial charge is 0.276 e. The summed E-state index contributed by atoms with van der Waals surface area (Å²) in [4.78, 5) is 22.0. The van der Waals surface area contributed by atoms with Crippen LogP contribution < -0.4 is 5.32 Å². The van der Waals surface area contributed by atoms with E-state index < -0.39 is 0 Å². The lowest BCUT2D eigenvalue weighted by Gasteiger charge is -2.21. The molecule has 0 saturated carbocycles. The second kappa shape index (κ2) is 8.00. The van der Waals surface area contributed by atoms with E-state index in [0.29, 0.717) is 17.3 Å². The molecule has 0 fully saturated rings. The number of hydrogen-bond acceptors (Lipinski definition) is 4. The van der Waals surface area contributed by atoms with Crippen LogP contribution in [0, 0.1) is 12.8 Å². The van der Waals surface area contributed by atoms with Crippen molar-refractivity contribution in [2.24, 2.45) is 5.92 Å². The van der Waals surface area contributed by atoms with Gasteiger partial charge in [0.15, 0.2) is 0 Å². The van der Waals surface area contributed by atoms with Gasteiger partial charge in [0.2, 0.25) is 0 Å². The molecule has 1 N–H and O–H groups in total. The molecule has 0 aliphatic rings. The third-order valence-corrected chi connectivity index (χ3v) is 4.69. The highest BCUT2D eigenvalue weighted by Crippen LogP contribution is 2.36. The highest BCUT2D eigenvalue weighted by Gasteiger charge is 2.17. The van der Waals surface area contributed by atoms with Crippen LogP contribution in [-0.4, -0.2) is 20.6 Å². The first-order chi connectivity index (χ1) is 11.7. The van der Waals surface area contributed by atoms with E-state index in [9.17, 15) is 4.79 Å². The Balaban J connectivity index is 2.27. The molecule has 1 amide bonds. The first kappa shape index (κ1) is 19.4. The molecule has 0 aliphatic heterocycles. The van der Waals surface area contributed by atoms with Crippen LogP contribution in [0.25, 0.3) is 0 Å². The van der Waals surface area contributed by atoms with E-state index in [1.165, 1.54) is 16.7 Å². The van der Waals surface area contributed by atoms with Gasteiger partial charge in [0.25, 0.3) is 5.91 Å². The van der Waals surface area contributed by atoms with Crippen molar-refractivity contribution < 1.29 is 4.79 Å². The summed E-state index contributed by atoms with van der Waals surface area (Å²) >= 11 is 1.86. The third-order valence-electron chi connectivity index (χ3n) is 3.46. The number of thioether (sulfide) groups is 1. The van der Waals surface area contributed by atoms with E-state index in [-0.39, 0.29) is 10.7 Å². The maximum atomic E-state index is 12.5. The number of aryl methyl sites for hydroxylation is 1. The zero-order chi connectivity index (χ0) is 18.6. The Morgan fingerprint density at radius 3 is 2.48 bits per heavy atom. The summed E-state index contributed by atoms with van der Waals surface area (Å²) in [5.74, 6) is 0.324. The van der Waals surface area contributed by atoms with E-state index in [2.05, 4.69) is 62.0 Å². The number of aromatic nitrogens is 2. The van der Waals surface area contributed by atoms with E-state index in [1.54, 1.807) is 13.1 Å². The van der Waals surface area contributed by atoms with Crippen molar-refractivity contribution in [3.05, 3.63) is 47.5 Å². The standard InChI is InChI=1S/C20H27N3OS/c1-13(2)11-15-12-16(7-8-17(15)25-20(4,5)6)23-19(24)18-14(3)21-9-10-22-18/h7-10,12-13H,11H2,1-6H3,(H,23,24). The molecule has 4 nitrogen and oxygen atoms in total. The molecular weight excluding hydrogens is 330 g/mol. The Morgan fingerprint density at radius 2 is 1.88 bits per heavy atom. The number of carbonyl (C=O) groups excluding carboxylic acids is 1. The number of nitrogens with zero attached hydrogens (tertiary/aromatic N) is 2. The average molecular weight is 358 g/mol. The Morgan fingerprint density at radius 1 is 1.20 bits per heavy atom. The van der Waals surface area contributed by atoms with Crippen molar-refractivity contribution in [1.82, 2.24) is 9.97 Å². The summed E-state index contributed by atoms with van der Waals surface area (Å²) < 4.78 is 0.146. The number of hydrogen-bond donors (Lipinski definition) is 1. The zero-order valence-corrected chi connectivity index (χ0v) is 16.7. The van der Waals surface area contributed by atoms with Gasteiger partial charge in [-0.05, 0) is 43.0 Å². The van der Waals surface area contributed by atoms with Crippen LogP contribution in [0.4, 0.5) is 5.69 Å². The molecule has 25 heavy (non-hydrogen) atoms. The Labute approximate surface area is 154 Å². The van der Waals surface area contributed by atoms with Gasteiger partial charge < -0.3 is 5.32 Å². The minimum absolute atomic E-state index is 0.146. The van der Waals surface area contributed by atoms with Crippen molar-refractivity contribution in [3.8, 4) is 0 Å². The molecule has 0 atom stereocenters. The largest absolute Gasteiger partial charge is 0.321 e. The van der Waals surface area contributed by atoms with Gasteiger partial charge in [-0.3, -0.25) is 9.78 Å². The van der Waals surface area contributed by atoms with Crippen LogP contribution in [0.2, 0.25) is 0 Å². The van der Waals surface area contributed by atoms with Crippen LogP contribution in [-0.2, 0) is 6.42 Å². The van der Waals surface area contributed by atoms with E-state index in [0.717, 1.165) is 12.1 Å². The molecule has 1 aromatic heterocycles. The lowest BCUT2D eigenvalue weighted by atomic mass is 10.0. The summed E-state index contributed by atoms with van der Waals surface area (Å²) in [6.45, 7) is 12.8. The Kier molecular flexibility index (Phi) is 6.22. The van der Waals surface area contributed by atoms with Gasteiger partial charge in [0, 0.05) is 27.7 Å². The maximum absolute atomic E-state index is 12.5. The number of benzene rings is 1. The molecule has 2 rings (SSSR count). The van der Waals surface area contributed by atoms with E-state index >= 15 is 0 Å². The van der Waals surface area contributed by atoms with Gasteiger partial charge in [-0.15, -0.1) is 11.8 Å². The minimum Gasteiger partial charge on any atom is -0.321 e. The molecule has 134 valence electrons. The summed E-state index contributed by atoms with van der Waals surface area (Å²) in [6.07, 6.45) is 4.10. The Bertz CT molecular complexity index is 751. The molecule has 0 spiro atoms. The van der Waals surface area contributed by atoms with Gasteiger partial charge in [-0.1, -0.05) is 34.6 Å². The first-order valence-electron chi connectivity index (χ1n) is 8.56. The highest BCUT2D eigenvalue weighted by atomic mass is 32.2. The summed E-state index contributed by atoms with van der Waals surface area (Å²) in [5, 5.41) is 2.95. The van der Waals surface area contributed by atoms with Crippen molar-refractivity contribution in [2.45, 2.75) is 57.6 Å². The average Bonchev–Trinajstić information content (AvgIpc) is 2.48. The van der Waals surface area contributed by atoms with E-state index in [1.807, 2.05) is 17.8 Å². The predicted octanol–water partition coefficient (Wildman–Crippen LogP) is 5.13. The summed E-state index contributed by atoms with van der Waals surface area (Å²) in [5.41, 5.74) is 3.05. The lowest BCUT2D eigenvalue weighted by Crippen LogP contribution is -2.16. The van der Waals surface area contributed by atoms with Gasteiger partial charge in [-0.25, -0.2) is 4.98 Å². The minimum atomic E-state index is -0.225. The fraction of sp³-hybridized carbons (Fsp3) is 0.450. The molecule has 0 saturated heterocycles. The van der Waals surface area contributed by atoms with Crippen molar-refractivity contribution >= 4 is 23.4 Å². The summed E-state index contributed by atoms with van der Waals surface area (Å²) in [7, 11) is 0. The molecule has 0 radical (unpaired) electrons. The zero-order valence-electron chi connectivity index (χ0n) is 15.9. The fourth-order valence-corrected chi connectivity index (χ4v) is 3.58. The molecule has 1 heterocycles. The second-order valence-corrected chi connectivity index (χ2v) is 9.45.